The number of hydrogen-bond donors (Lipinski definition) is 2. The van der Waals surface area contributed by atoms with Crippen molar-refractivity contribution in [2.45, 2.75) is 11.8 Å². The maximum absolute atomic E-state index is 12.3. The molecule has 0 spiro atoms. The molecule has 2 N–H and O–H groups in total. The molecule has 21 heavy (non-hydrogen) atoms. The van der Waals surface area contributed by atoms with Gasteiger partial charge in [-0.25, -0.2) is 8.42 Å². The highest BCUT2D eigenvalue weighted by molar-refractivity contribution is 9.11. The second-order valence-electron chi connectivity index (χ2n) is 4.04. The summed E-state index contributed by atoms with van der Waals surface area (Å²) in [5.41, 5.74) is -0.731. The Morgan fingerprint density at radius 2 is 2.05 bits per heavy atom. The molecule has 1 heterocycles. The SMILES string of the molecule is Cc1sc(Br)cc1S(=O)(=O)Nc1ccc(O)cc1[N+](=O)[O-]. The minimum atomic E-state index is -3.95. The Morgan fingerprint density at radius 1 is 1.38 bits per heavy atom. The molecule has 2 aromatic rings. The number of aromatic hydroxyl groups is 1. The summed E-state index contributed by atoms with van der Waals surface area (Å²) in [5.74, 6) is -0.320. The van der Waals surface area contributed by atoms with Crippen molar-refractivity contribution in [2.75, 3.05) is 4.72 Å². The third-order valence-corrected chi connectivity index (χ3v) is 5.73. The lowest BCUT2D eigenvalue weighted by Crippen LogP contribution is -2.14. The van der Waals surface area contributed by atoms with Gasteiger partial charge in [-0.1, -0.05) is 0 Å². The van der Waals surface area contributed by atoms with Gasteiger partial charge < -0.3 is 5.11 Å². The zero-order chi connectivity index (χ0) is 15.8. The van der Waals surface area contributed by atoms with Gasteiger partial charge >= 0.3 is 0 Å². The number of nitrogens with one attached hydrogen (secondary N) is 1. The first-order valence-corrected chi connectivity index (χ1v) is 8.56. The molecule has 0 amide bonds. The number of nitro benzene ring substituents is 1. The molecule has 7 nitrogen and oxygen atoms in total. The number of phenolic OH excluding ortho intramolecular Hbond substituents is 1. The second kappa shape index (κ2) is 5.62. The van der Waals surface area contributed by atoms with Crippen LogP contribution < -0.4 is 4.72 Å². The van der Waals surface area contributed by atoms with E-state index in [0.717, 1.165) is 12.1 Å². The number of phenols is 1. The zero-order valence-corrected chi connectivity index (χ0v) is 13.8. The Hall–Kier alpha value is -1.65. The van der Waals surface area contributed by atoms with Gasteiger partial charge in [-0.05, 0) is 41.1 Å². The van der Waals surface area contributed by atoms with Gasteiger partial charge in [0.25, 0.3) is 15.7 Å². The molecule has 0 fully saturated rings. The highest BCUT2D eigenvalue weighted by atomic mass is 79.9. The topological polar surface area (TPSA) is 110 Å². The van der Waals surface area contributed by atoms with E-state index in [1.54, 1.807) is 6.92 Å². The van der Waals surface area contributed by atoms with E-state index >= 15 is 0 Å². The van der Waals surface area contributed by atoms with E-state index in [4.69, 9.17) is 0 Å². The normalized spacial score (nSPS) is 11.3. The van der Waals surface area contributed by atoms with E-state index in [-0.39, 0.29) is 16.3 Å². The maximum atomic E-state index is 12.3. The number of halogens is 1. The van der Waals surface area contributed by atoms with E-state index in [2.05, 4.69) is 20.7 Å². The van der Waals surface area contributed by atoms with Crippen LogP contribution in [0.1, 0.15) is 4.88 Å². The number of hydrogen-bond acceptors (Lipinski definition) is 6. The number of nitrogens with zero attached hydrogens (tertiary/aromatic N) is 1. The Labute approximate surface area is 132 Å². The van der Waals surface area contributed by atoms with Crippen LogP contribution in [0.4, 0.5) is 11.4 Å². The second-order valence-corrected chi connectivity index (χ2v) is 8.32. The number of anilines is 1. The van der Waals surface area contributed by atoms with Crippen LogP contribution in [0, 0.1) is 17.0 Å². The van der Waals surface area contributed by atoms with E-state index < -0.39 is 20.6 Å². The summed E-state index contributed by atoms with van der Waals surface area (Å²) in [4.78, 5) is 10.7. The van der Waals surface area contributed by atoms with Gasteiger partial charge in [0.1, 0.15) is 16.3 Å². The van der Waals surface area contributed by atoms with Crippen molar-refractivity contribution in [3.8, 4) is 5.75 Å². The van der Waals surface area contributed by atoms with Gasteiger partial charge in [0, 0.05) is 4.88 Å². The van der Waals surface area contributed by atoms with Crippen molar-refractivity contribution >= 4 is 48.7 Å². The number of sulfonamides is 1. The summed E-state index contributed by atoms with van der Waals surface area (Å²) in [6, 6.07) is 4.62. The van der Waals surface area contributed by atoms with Crippen LogP contribution in [-0.4, -0.2) is 18.4 Å². The fourth-order valence-corrected chi connectivity index (χ4v) is 5.14. The standard InChI is InChI=1S/C11H9BrN2O5S2/c1-6-10(5-11(12)20-6)21(18,19)13-8-3-2-7(15)4-9(8)14(16)17/h2-5,13,15H,1H3. The summed E-state index contributed by atoms with van der Waals surface area (Å²) in [7, 11) is -3.95. The number of aryl methyl sites for hydroxylation is 1. The van der Waals surface area contributed by atoms with Gasteiger partial charge in [-0.15, -0.1) is 11.3 Å². The van der Waals surface area contributed by atoms with Crippen molar-refractivity contribution in [2.24, 2.45) is 0 Å². The van der Waals surface area contributed by atoms with Crippen LogP contribution in [0.15, 0.2) is 32.9 Å². The molecule has 0 atom stereocenters. The molecule has 0 radical (unpaired) electrons. The van der Waals surface area contributed by atoms with Crippen LogP contribution in [0.2, 0.25) is 0 Å². The number of nitro groups is 1. The fourth-order valence-electron chi connectivity index (χ4n) is 1.65. The first kappa shape index (κ1) is 15.7. The molecular formula is C11H9BrN2O5S2. The van der Waals surface area contributed by atoms with Gasteiger partial charge in [-0.3, -0.25) is 14.8 Å². The van der Waals surface area contributed by atoms with Crippen molar-refractivity contribution < 1.29 is 18.4 Å². The molecule has 0 aliphatic rings. The Bertz CT molecular complexity index is 816. The van der Waals surface area contributed by atoms with Gasteiger partial charge in [-0.2, -0.15) is 0 Å². The highest BCUT2D eigenvalue weighted by Gasteiger charge is 2.24. The summed E-state index contributed by atoms with van der Waals surface area (Å²) >= 11 is 4.44. The molecule has 1 aromatic heterocycles. The van der Waals surface area contributed by atoms with E-state index in [9.17, 15) is 23.6 Å². The average molecular weight is 393 g/mol. The molecule has 112 valence electrons. The minimum absolute atomic E-state index is 0.0433. The summed E-state index contributed by atoms with van der Waals surface area (Å²) in [6.45, 7) is 1.63. The quantitative estimate of drug-likeness (QED) is 0.471. The molecule has 0 unspecified atom stereocenters. The number of thiophene rings is 1. The molecular weight excluding hydrogens is 384 g/mol. The Balaban J connectivity index is 2.47. The average Bonchev–Trinajstić information content (AvgIpc) is 2.71. The van der Waals surface area contributed by atoms with Gasteiger partial charge in [0.05, 0.1) is 14.8 Å². The number of benzene rings is 1. The van der Waals surface area contributed by atoms with Crippen molar-refractivity contribution in [3.05, 3.63) is 43.0 Å². The van der Waals surface area contributed by atoms with Crippen LogP contribution >= 0.6 is 27.3 Å². The monoisotopic (exact) mass is 392 g/mol. The smallest absolute Gasteiger partial charge is 0.297 e. The van der Waals surface area contributed by atoms with Crippen LogP contribution in [0.3, 0.4) is 0 Å². The largest absolute Gasteiger partial charge is 0.508 e. The lowest BCUT2D eigenvalue weighted by Gasteiger charge is -2.08. The summed E-state index contributed by atoms with van der Waals surface area (Å²) < 4.78 is 27.4. The predicted octanol–water partition coefficient (Wildman–Crippen LogP) is 3.23. The molecule has 0 aliphatic carbocycles. The van der Waals surface area contributed by atoms with Crippen LogP contribution in [0.25, 0.3) is 0 Å². The van der Waals surface area contributed by atoms with Crippen molar-refractivity contribution in [1.82, 2.24) is 0 Å². The molecule has 2 rings (SSSR count). The molecule has 0 saturated heterocycles. The van der Waals surface area contributed by atoms with Gasteiger partial charge in [0.2, 0.25) is 0 Å². The van der Waals surface area contributed by atoms with E-state index in [1.807, 2.05) is 0 Å². The lowest BCUT2D eigenvalue weighted by molar-refractivity contribution is -0.384. The molecule has 10 heteroatoms. The predicted molar refractivity (Wildman–Crippen MR) is 82.3 cm³/mol. The van der Waals surface area contributed by atoms with Crippen molar-refractivity contribution in [1.29, 1.82) is 0 Å². The first-order chi connectivity index (χ1) is 9.70. The van der Waals surface area contributed by atoms with Crippen LogP contribution in [0.5, 0.6) is 5.75 Å². The van der Waals surface area contributed by atoms with Crippen LogP contribution in [-0.2, 0) is 10.0 Å². The fraction of sp³-hybridized carbons (Fsp3) is 0.0909. The Morgan fingerprint density at radius 3 is 2.57 bits per heavy atom. The third-order valence-electron chi connectivity index (χ3n) is 2.55. The minimum Gasteiger partial charge on any atom is -0.508 e. The Kier molecular flexibility index (Phi) is 4.21. The molecule has 0 bridgehead atoms. The van der Waals surface area contributed by atoms with Gasteiger partial charge in [0.15, 0.2) is 0 Å². The maximum Gasteiger partial charge on any atom is 0.297 e. The van der Waals surface area contributed by atoms with E-state index in [1.165, 1.54) is 23.5 Å². The first-order valence-electron chi connectivity index (χ1n) is 5.47. The third kappa shape index (κ3) is 3.34. The molecule has 1 aromatic carbocycles. The highest BCUT2D eigenvalue weighted by Crippen LogP contribution is 2.33. The number of rotatable bonds is 4. The lowest BCUT2D eigenvalue weighted by atomic mass is 10.2. The summed E-state index contributed by atoms with van der Waals surface area (Å²) in [6.07, 6.45) is 0. The summed E-state index contributed by atoms with van der Waals surface area (Å²) in [5, 5.41) is 20.2. The van der Waals surface area contributed by atoms with Crippen molar-refractivity contribution in [3.63, 3.8) is 0 Å². The molecule has 0 saturated carbocycles. The van der Waals surface area contributed by atoms with E-state index in [0.29, 0.717) is 8.66 Å². The molecule has 0 aliphatic heterocycles. The zero-order valence-electron chi connectivity index (χ0n) is 10.5.